The largest absolute Gasteiger partial charge is 0.445 e. The van der Waals surface area contributed by atoms with E-state index in [9.17, 15) is 14.1 Å². The third-order valence-corrected chi connectivity index (χ3v) is 6.65. The third kappa shape index (κ3) is 9.66. The Bertz CT molecular complexity index is 795. The summed E-state index contributed by atoms with van der Waals surface area (Å²) in [5, 5.41) is 13.6. The van der Waals surface area contributed by atoms with Gasteiger partial charge in [0.05, 0.1) is 28.7 Å². The van der Waals surface area contributed by atoms with Crippen molar-refractivity contribution in [3.63, 3.8) is 0 Å². The summed E-state index contributed by atoms with van der Waals surface area (Å²) < 4.78 is 18.0. The van der Waals surface area contributed by atoms with E-state index < -0.39 is 29.0 Å². The van der Waals surface area contributed by atoms with E-state index in [-0.39, 0.29) is 12.4 Å². The van der Waals surface area contributed by atoms with Crippen molar-refractivity contribution in [1.29, 1.82) is 0 Å². The van der Waals surface area contributed by atoms with Gasteiger partial charge in [-0.1, -0.05) is 87.1 Å². The van der Waals surface area contributed by atoms with Crippen LogP contribution in [0.3, 0.4) is 0 Å². The third-order valence-electron chi connectivity index (χ3n) is 5.21. The first-order valence-electron chi connectivity index (χ1n) is 11.1. The van der Waals surface area contributed by atoms with Crippen molar-refractivity contribution in [2.24, 2.45) is 0 Å². The number of aliphatic hydroxyl groups excluding tert-OH is 1. The molecule has 0 aromatic heterocycles. The highest BCUT2D eigenvalue weighted by Crippen LogP contribution is 2.14. The minimum atomic E-state index is -1.34. The van der Waals surface area contributed by atoms with Crippen LogP contribution in [0.25, 0.3) is 0 Å². The number of aliphatic hydroxyl groups is 1. The van der Waals surface area contributed by atoms with E-state index in [1.54, 1.807) is 0 Å². The molecule has 0 saturated carbocycles. The summed E-state index contributed by atoms with van der Waals surface area (Å²) in [4.78, 5) is 13.0. The fourth-order valence-corrected chi connectivity index (χ4v) is 4.48. The molecule has 2 N–H and O–H groups in total. The molecule has 2 aromatic rings. The number of ether oxygens (including phenoxy) is 1. The van der Waals surface area contributed by atoms with Crippen LogP contribution in [0.4, 0.5) is 4.79 Å². The van der Waals surface area contributed by atoms with Crippen molar-refractivity contribution in [3.05, 3.63) is 65.7 Å². The van der Waals surface area contributed by atoms with Gasteiger partial charge in [-0.15, -0.1) is 0 Å². The van der Waals surface area contributed by atoms with E-state index in [1.807, 2.05) is 61.5 Å². The van der Waals surface area contributed by atoms with Crippen molar-refractivity contribution in [2.45, 2.75) is 76.0 Å². The molecule has 5 nitrogen and oxygen atoms in total. The molecular formula is C25H35NO4S. The van der Waals surface area contributed by atoms with Crippen molar-refractivity contribution >= 4 is 16.9 Å². The molecular weight excluding hydrogens is 410 g/mol. The van der Waals surface area contributed by atoms with Crippen LogP contribution >= 0.6 is 0 Å². The Morgan fingerprint density at radius 1 is 1.03 bits per heavy atom. The maximum absolute atomic E-state index is 12.7. The Balaban J connectivity index is 1.92. The van der Waals surface area contributed by atoms with Gasteiger partial charge in [-0.2, -0.15) is 0 Å². The molecule has 31 heavy (non-hydrogen) atoms. The van der Waals surface area contributed by atoms with Crippen LogP contribution in [-0.2, 0) is 22.1 Å². The molecule has 0 saturated heterocycles. The molecule has 0 aliphatic heterocycles. The molecule has 3 atom stereocenters. The number of nitrogens with one attached hydrogen (secondary N) is 1. The van der Waals surface area contributed by atoms with Crippen LogP contribution in [0.15, 0.2) is 59.5 Å². The number of rotatable bonds is 13. The molecule has 0 aliphatic rings. The van der Waals surface area contributed by atoms with Gasteiger partial charge < -0.3 is 15.2 Å². The smallest absolute Gasteiger partial charge is 0.407 e. The Hall–Kier alpha value is -2.18. The molecule has 6 heteroatoms. The average Bonchev–Trinajstić information content (AvgIpc) is 2.77. The Morgan fingerprint density at radius 2 is 1.71 bits per heavy atom. The maximum atomic E-state index is 12.7. The van der Waals surface area contributed by atoms with Gasteiger partial charge in [-0.3, -0.25) is 4.21 Å². The van der Waals surface area contributed by atoms with Gasteiger partial charge in [0.2, 0.25) is 0 Å². The van der Waals surface area contributed by atoms with Crippen molar-refractivity contribution in [1.82, 2.24) is 5.32 Å². The SMILES string of the molecule is CCCCCCC[C@@H](NC(=O)OCc1ccccc1)[C@H](O)C[S@@](=O)c1ccc(C)cc1. The fourth-order valence-electron chi connectivity index (χ4n) is 3.30. The maximum Gasteiger partial charge on any atom is 0.407 e. The van der Waals surface area contributed by atoms with Crippen LogP contribution in [0.5, 0.6) is 0 Å². The van der Waals surface area contributed by atoms with Gasteiger partial charge >= 0.3 is 6.09 Å². The van der Waals surface area contributed by atoms with Crippen LogP contribution in [0.1, 0.15) is 56.6 Å². The molecule has 170 valence electrons. The molecule has 0 bridgehead atoms. The lowest BCUT2D eigenvalue weighted by Gasteiger charge is -2.24. The predicted molar refractivity (Wildman–Crippen MR) is 125 cm³/mol. The Morgan fingerprint density at radius 3 is 2.39 bits per heavy atom. The first-order valence-corrected chi connectivity index (χ1v) is 12.4. The van der Waals surface area contributed by atoms with Crippen molar-refractivity contribution in [3.8, 4) is 0 Å². The first-order chi connectivity index (χ1) is 15.0. The fraction of sp³-hybridized carbons (Fsp3) is 0.480. The number of hydrogen-bond donors (Lipinski definition) is 2. The van der Waals surface area contributed by atoms with Gasteiger partial charge in [-0.25, -0.2) is 4.79 Å². The minimum absolute atomic E-state index is 0.0711. The summed E-state index contributed by atoms with van der Waals surface area (Å²) in [6.07, 6.45) is 4.53. The molecule has 0 radical (unpaired) electrons. The molecule has 0 heterocycles. The van der Waals surface area contributed by atoms with E-state index in [1.165, 1.54) is 6.42 Å². The standard InChI is InChI=1S/C25H35NO4S/c1-3-4-5-6-10-13-23(26-25(28)30-18-21-11-8-7-9-12-21)24(27)19-31(29)22-16-14-20(2)15-17-22/h7-9,11-12,14-17,23-24,27H,3-6,10,13,18-19H2,1-2H3,(H,26,28)/t23-,24-,31-/m1/s1. The molecule has 0 aliphatic carbocycles. The number of amides is 1. The average molecular weight is 446 g/mol. The van der Waals surface area contributed by atoms with E-state index in [2.05, 4.69) is 12.2 Å². The molecule has 0 unspecified atom stereocenters. The molecule has 1 amide bonds. The number of carbonyl (C=O) groups excluding carboxylic acids is 1. The van der Waals surface area contributed by atoms with Gasteiger partial charge in [0.15, 0.2) is 0 Å². The number of benzene rings is 2. The lowest BCUT2D eigenvalue weighted by molar-refractivity contribution is 0.107. The summed E-state index contributed by atoms with van der Waals surface area (Å²) in [6.45, 7) is 4.31. The summed E-state index contributed by atoms with van der Waals surface area (Å²) in [7, 11) is -1.34. The first kappa shape index (κ1) is 25.1. The normalized spacial score (nSPS) is 13.9. The highest BCUT2D eigenvalue weighted by Gasteiger charge is 2.24. The lowest BCUT2D eigenvalue weighted by atomic mass is 10.0. The second kappa shape index (κ2) is 14.0. The van der Waals surface area contributed by atoms with Gasteiger partial charge in [-0.05, 0) is 31.0 Å². The van der Waals surface area contributed by atoms with Gasteiger partial charge in [0, 0.05) is 4.90 Å². The highest BCUT2D eigenvalue weighted by molar-refractivity contribution is 7.85. The second-order valence-corrected chi connectivity index (χ2v) is 9.40. The van der Waals surface area contributed by atoms with E-state index >= 15 is 0 Å². The van der Waals surface area contributed by atoms with E-state index in [0.29, 0.717) is 11.3 Å². The van der Waals surface area contributed by atoms with Crippen molar-refractivity contribution < 1.29 is 18.8 Å². The summed E-state index contributed by atoms with van der Waals surface area (Å²) in [6, 6.07) is 16.4. The van der Waals surface area contributed by atoms with Crippen LogP contribution < -0.4 is 5.32 Å². The number of carbonyl (C=O) groups is 1. The Labute approximate surface area is 188 Å². The number of aryl methyl sites for hydroxylation is 1. The zero-order valence-corrected chi connectivity index (χ0v) is 19.4. The number of hydrogen-bond acceptors (Lipinski definition) is 4. The quantitative estimate of drug-likeness (QED) is 0.420. The lowest BCUT2D eigenvalue weighted by Crippen LogP contribution is -2.45. The monoisotopic (exact) mass is 445 g/mol. The van der Waals surface area contributed by atoms with Gasteiger partial charge in [0.25, 0.3) is 0 Å². The minimum Gasteiger partial charge on any atom is -0.445 e. The zero-order chi connectivity index (χ0) is 22.5. The summed E-state index contributed by atoms with van der Waals surface area (Å²) >= 11 is 0. The van der Waals surface area contributed by atoms with Crippen LogP contribution in [0, 0.1) is 6.92 Å². The zero-order valence-electron chi connectivity index (χ0n) is 18.6. The molecule has 0 fully saturated rings. The molecule has 2 aromatic carbocycles. The molecule has 2 rings (SSSR count). The van der Waals surface area contributed by atoms with Crippen molar-refractivity contribution in [2.75, 3.05) is 5.75 Å². The predicted octanol–water partition coefficient (Wildman–Crippen LogP) is 5.12. The molecule has 0 spiro atoms. The van der Waals surface area contributed by atoms with Crippen LogP contribution in [0.2, 0.25) is 0 Å². The number of unbranched alkanes of at least 4 members (excludes halogenated alkanes) is 4. The van der Waals surface area contributed by atoms with Crippen LogP contribution in [-0.4, -0.2) is 33.3 Å². The number of alkyl carbamates (subject to hydrolysis) is 1. The summed E-state index contributed by atoms with van der Waals surface area (Å²) in [5.41, 5.74) is 1.99. The summed E-state index contributed by atoms with van der Waals surface area (Å²) in [5.74, 6) is 0.0711. The Kier molecular flexibility index (Phi) is 11.3. The second-order valence-electron chi connectivity index (χ2n) is 7.91. The topological polar surface area (TPSA) is 75.6 Å². The van der Waals surface area contributed by atoms with E-state index in [0.717, 1.165) is 36.8 Å². The highest BCUT2D eigenvalue weighted by atomic mass is 32.2. The van der Waals surface area contributed by atoms with E-state index in [4.69, 9.17) is 4.74 Å². The van der Waals surface area contributed by atoms with Gasteiger partial charge in [0.1, 0.15) is 6.61 Å².